The summed E-state index contributed by atoms with van der Waals surface area (Å²) in [6.45, 7) is 2.23. The normalized spacial score (nSPS) is 12.9. The number of carboxylic acids is 1. The molecule has 0 bridgehead atoms. The van der Waals surface area contributed by atoms with Crippen LogP contribution in [0.15, 0.2) is 36.4 Å². The summed E-state index contributed by atoms with van der Waals surface area (Å²) in [5.41, 5.74) is 3.13. The van der Waals surface area contributed by atoms with Crippen LogP contribution in [0.2, 0.25) is 5.02 Å². The highest BCUT2D eigenvalue weighted by atomic mass is 35.5. The van der Waals surface area contributed by atoms with Crippen LogP contribution in [0.4, 0.5) is 0 Å². The molecule has 156 valence electrons. The molecule has 0 fully saturated rings. The van der Waals surface area contributed by atoms with E-state index in [9.17, 15) is 19.2 Å². The summed E-state index contributed by atoms with van der Waals surface area (Å²) in [4.78, 5) is 48.9. The number of carboxylic acid groups (broad SMARTS) is 1. The lowest BCUT2D eigenvalue weighted by Crippen LogP contribution is -2.30. The van der Waals surface area contributed by atoms with E-state index in [-0.39, 0.29) is 30.4 Å². The Hall–Kier alpha value is -2.99. The fourth-order valence-electron chi connectivity index (χ4n) is 3.59. The van der Waals surface area contributed by atoms with Crippen LogP contribution in [0, 0.1) is 6.92 Å². The van der Waals surface area contributed by atoms with Gasteiger partial charge in [0, 0.05) is 18.5 Å². The fourth-order valence-corrected chi connectivity index (χ4v) is 3.88. The van der Waals surface area contributed by atoms with Crippen molar-refractivity contribution in [3.63, 3.8) is 0 Å². The van der Waals surface area contributed by atoms with Gasteiger partial charge >= 0.3 is 5.97 Å². The highest BCUT2D eigenvalue weighted by molar-refractivity contribution is 6.34. The number of nitrogens with zero attached hydrogens (tertiary/aromatic N) is 1. The number of hydrogen-bond acceptors (Lipinski definition) is 4. The summed E-state index contributed by atoms with van der Waals surface area (Å²) in [7, 11) is 0. The Labute approximate surface area is 179 Å². The lowest BCUT2D eigenvalue weighted by molar-refractivity contribution is -0.136. The van der Waals surface area contributed by atoms with E-state index in [2.05, 4.69) is 0 Å². The van der Waals surface area contributed by atoms with Crippen LogP contribution >= 0.6 is 11.6 Å². The monoisotopic (exact) mass is 427 g/mol. The first-order chi connectivity index (χ1) is 14.3. The molecule has 1 aliphatic heterocycles. The van der Waals surface area contributed by atoms with E-state index < -0.39 is 5.97 Å². The Morgan fingerprint density at radius 1 is 1.00 bits per heavy atom. The van der Waals surface area contributed by atoms with Gasteiger partial charge in [-0.2, -0.15) is 0 Å². The van der Waals surface area contributed by atoms with Crippen molar-refractivity contribution in [2.75, 3.05) is 6.54 Å². The summed E-state index contributed by atoms with van der Waals surface area (Å²) in [6, 6.07) is 10.3. The van der Waals surface area contributed by atoms with Crippen LogP contribution in [-0.4, -0.2) is 40.1 Å². The minimum absolute atomic E-state index is 0.0892. The van der Waals surface area contributed by atoms with Gasteiger partial charge in [0.05, 0.1) is 22.6 Å². The summed E-state index contributed by atoms with van der Waals surface area (Å²) in [6.07, 6.45) is 1.78. The van der Waals surface area contributed by atoms with Crippen molar-refractivity contribution in [2.45, 2.75) is 39.0 Å². The zero-order valence-electron chi connectivity index (χ0n) is 16.6. The number of fused-ring (bicyclic) bond motifs is 1. The first-order valence-electron chi connectivity index (χ1n) is 9.79. The molecule has 0 saturated heterocycles. The summed E-state index contributed by atoms with van der Waals surface area (Å²) in [5, 5.41) is 9.04. The standard InChI is InChI=1S/C23H22ClNO5/c1-14-12-18(20(26)9-10-21(27)28)19(24)13-15(14)6-4-5-11-25-22(29)16-7-2-3-8-17(16)23(25)30/h2-3,7-8,12-13H,4-6,9-11H2,1H3,(H,27,28). The summed E-state index contributed by atoms with van der Waals surface area (Å²) >= 11 is 6.25. The average molecular weight is 428 g/mol. The van der Waals surface area contributed by atoms with Crippen molar-refractivity contribution in [3.05, 3.63) is 69.2 Å². The number of halogens is 1. The Balaban J connectivity index is 1.56. The second-order valence-electron chi connectivity index (χ2n) is 7.34. The Bertz CT molecular complexity index is 995. The molecule has 30 heavy (non-hydrogen) atoms. The molecule has 6 nitrogen and oxygen atoms in total. The van der Waals surface area contributed by atoms with Gasteiger partial charge in [0.1, 0.15) is 0 Å². The maximum absolute atomic E-state index is 12.4. The topological polar surface area (TPSA) is 91.8 Å². The zero-order valence-corrected chi connectivity index (χ0v) is 17.4. The van der Waals surface area contributed by atoms with Gasteiger partial charge in [-0.1, -0.05) is 23.7 Å². The van der Waals surface area contributed by atoms with Crippen LogP contribution in [-0.2, 0) is 11.2 Å². The van der Waals surface area contributed by atoms with Gasteiger partial charge in [-0.05, 0) is 61.6 Å². The third-order valence-electron chi connectivity index (χ3n) is 5.25. The van der Waals surface area contributed by atoms with Gasteiger partial charge in [0.15, 0.2) is 5.78 Å². The van der Waals surface area contributed by atoms with Gasteiger partial charge in [0.25, 0.3) is 11.8 Å². The second-order valence-corrected chi connectivity index (χ2v) is 7.75. The number of rotatable bonds is 9. The average Bonchev–Trinajstić information content (AvgIpc) is 2.96. The highest BCUT2D eigenvalue weighted by Crippen LogP contribution is 2.26. The number of carbonyl (C=O) groups excluding carboxylic acids is 3. The Kier molecular flexibility index (Phi) is 6.67. The molecule has 3 rings (SSSR count). The molecule has 0 spiro atoms. The van der Waals surface area contributed by atoms with E-state index in [0.717, 1.165) is 17.5 Å². The molecule has 2 aromatic rings. The van der Waals surface area contributed by atoms with Crippen molar-refractivity contribution in [1.29, 1.82) is 0 Å². The molecular formula is C23H22ClNO5. The second kappa shape index (κ2) is 9.22. The first kappa shape index (κ1) is 21.7. The smallest absolute Gasteiger partial charge is 0.303 e. The number of amides is 2. The Morgan fingerprint density at radius 2 is 1.63 bits per heavy atom. The van der Waals surface area contributed by atoms with Gasteiger partial charge in [-0.15, -0.1) is 0 Å². The maximum atomic E-state index is 12.4. The molecule has 0 unspecified atom stereocenters. The predicted molar refractivity (Wildman–Crippen MR) is 112 cm³/mol. The maximum Gasteiger partial charge on any atom is 0.303 e. The number of imide groups is 1. The number of aliphatic carboxylic acids is 1. The van der Waals surface area contributed by atoms with Gasteiger partial charge in [-0.25, -0.2) is 0 Å². The van der Waals surface area contributed by atoms with Crippen molar-refractivity contribution < 1.29 is 24.3 Å². The number of benzene rings is 2. The predicted octanol–water partition coefficient (Wildman–Crippen LogP) is 4.31. The van der Waals surface area contributed by atoms with Crippen LogP contribution in [0.1, 0.15) is 67.9 Å². The molecule has 7 heteroatoms. The van der Waals surface area contributed by atoms with Crippen molar-refractivity contribution in [2.24, 2.45) is 0 Å². The third-order valence-corrected chi connectivity index (χ3v) is 5.56. The van der Waals surface area contributed by atoms with Crippen LogP contribution in [0.5, 0.6) is 0 Å². The summed E-state index contributed by atoms with van der Waals surface area (Å²) < 4.78 is 0. The number of hydrogen-bond donors (Lipinski definition) is 1. The number of ketones is 1. The molecule has 2 amide bonds. The van der Waals surface area contributed by atoms with E-state index in [0.29, 0.717) is 41.1 Å². The minimum Gasteiger partial charge on any atom is -0.481 e. The highest BCUT2D eigenvalue weighted by Gasteiger charge is 2.34. The number of carbonyl (C=O) groups is 4. The molecule has 1 N–H and O–H groups in total. The van der Waals surface area contributed by atoms with E-state index in [4.69, 9.17) is 16.7 Å². The number of unbranched alkanes of at least 4 members (excludes halogenated alkanes) is 1. The van der Waals surface area contributed by atoms with Crippen molar-refractivity contribution in [3.8, 4) is 0 Å². The molecule has 0 aromatic heterocycles. The molecule has 0 radical (unpaired) electrons. The van der Waals surface area contributed by atoms with E-state index >= 15 is 0 Å². The number of aryl methyl sites for hydroxylation is 2. The zero-order chi connectivity index (χ0) is 21.8. The van der Waals surface area contributed by atoms with E-state index in [1.54, 1.807) is 36.4 Å². The van der Waals surface area contributed by atoms with Gasteiger partial charge in [0.2, 0.25) is 0 Å². The molecule has 1 aliphatic rings. The quantitative estimate of drug-likeness (QED) is 0.365. The lowest BCUT2D eigenvalue weighted by Gasteiger charge is -2.14. The van der Waals surface area contributed by atoms with E-state index in [1.807, 2.05) is 6.92 Å². The molecule has 1 heterocycles. The summed E-state index contributed by atoms with van der Waals surface area (Å²) in [5.74, 6) is -1.81. The van der Waals surface area contributed by atoms with Gasteiger partial charge < -0.3 is 5.11 Å². The van der Waals surface area contributed by atoms with Crippen LogP contribution < -0.4 is 0 Å². The molecule has 2 aromatic carbocycles. The van der Waals surface area contributed by atoms with Crippen LogP contribution in [0.3, 0.4) is 0 Å². The van der Waals surface area contributed by atoms with Crippen LogP contribution in [0.25, 0.3) is 0 Å². The van der Waals surface area contributed by atoms with Crippen molar-refractivity contribution in [1.82, 2.24) is 4.90 Å². The molecule has 0 aliphatic carbocycles. The largest absolute Gasteiger partial charge is 0.481 e. The number of Topliss-reactive ketones (excluding diaryl/α,β-unsaturated/α-hetero) is 1. The third kappa shape index (κ3) is 4.60. The minimum atomic E-state index is -1.02. The molecule has 0 saturated carbocycles. The fraction of sp³-hybridized carbons (Fsp3) is 0.304. The molecular weight excluding hydrogens is 406 g/mol. The van der Waals surface area contributed by atoms with Crippen molar-refractivity contribution >= 4 is 35.2 Å². The van der Waals surface area contributed by atoms with E-state index in [1.165, 1.54) is 4.90 Å². The van der Waals surface area contributed by atoms with Gasteiger partial charge in [-0.3, -0.25) is 24.1 Å². The first-order valence-corrected chi connectivity index (χ1v) is 10.2. The molecule has 0 atom stereocenters. The SMILES string of the molecule is Cc1cc(C(=O)CCC(=O)O)c(Cl)cc1CCCCN1C(=O)c2ccccc2C1=O. The lowest BCUT2D eigenvalue weighted by atomic mass is 9.97. The Morgan fingerprint density at radius 3 is 2.23 bits per heavy atom.